The summed E-state index contributed by atoms with van der Waals surface area (Å²) in [7, 11) is 0. The molecule has 0 spiro atoms. The van der Waals surface area contributed by atoms with Crippen molar-refractivity contribution in [1.29, 1.82) is 0 Å². The van der Waals surface area contributed by atoms with Crippen molar-refractivity contribution in [1.82, 2.24) is 0 Å². The first kappa shape index (κ1) is 15.6. The number of hydrogen-bond acceptors (Lipinski definition) is 2. The third-order valence-electron chi connectivity index (χ3n) is 3.87. The van der Waals surface area contributed by atoms with Crippen LogP contribution < -0.4 is 10.2 Å². The second kappa shape index (κ2) is 6.84. The van der Waals surface area contributed by atoms with E-state index in [1.807, 2.05) is 24.3 Å². The lowest BCUT2D eigenvalue weighted by atomic mass is 10.1. The van der Waals surface area contributed by atoms with E-state index >= 15 is 0 Å². The lowest BCUT2D eigenvalue weighted by Gasteiger charge is -2.26. The van der Waals surface area contributed by atoms with Gasteiger partial charge in [-0.05, 0) is 61.4 Å². The van der Waals surface area contributed by atoms with Crippen LogP contribution in [0.4, 0.5) is 11.4 Å². The molecule has 2 amide bonds. The van der Waals surface area contributed by atoms with Gasteiger partial charge in [0.1, 0.15) is 0 Å². The van der Waals surface area contributed by atoms with E-state index in [-0.39, 0.29) is 11.8 Å². The lowest BCUT2D eigenvalue weighted by molar-refractivity contribution is -0.119. The number of halogens is 1. The van der Waals surface area contributed by atoms with Crippen LogP contribution in [-0.2, 0) is 4.79 Å². The van der Waals surface area contributed by atoms with E-state index in [4.69, 9.17) is 11.6 Å². The second-order valence-corrected chi connectivity index (χ2v) is 5.95. The molecule has 0 aromatic heterocycles. The smallest absolute Gasteiger partial charge is 0.255 e. The SMILES string of the molecule is O=C(Nc1ccc(N2CCCCC2=O)cc1)c1ccc(Cl)cc1. The molecule has 1 fully saturated rings. The lowest BCUT2D eigenvalue weighted by Crippen LogP contribution is -2.35. The number of hydrogen-bond donors (Lipinski definition) is 1. The van der Waals surface area contributed by atoms with Crippen LogP contribution >= 0.6 is 11.6 Å². The van der Waals surface area contributed by atoms with Crippen LogP contribution in [0.15, 0.2) is 48.5 Å². The second-order valence-electron chi connectivity index (χ2n) is 5.51. The molecule has 118 valence electrons. The molecule has 23 heavy (non-hydrogen) atoms. The van der Waals surface area contributed by atoms with Gasteiger partial charge in [0.25, 0.3) is 5.91 Å². The summed E-state index contributed by atoms with van der Waals surface area (Å²) < 4.78 is 0. The number of nitrogens with one attached hydrogen (secondary N) is 1. The van der Waals surface area contributed by atoms with Crippen molar-refractivity contribution in [3.63, 3.8) is 0 Å². The zero-order valence-corrected chi connectivity index (χ0v) is 13.3. The van der Waals surface area contributed by atoms with Gasteiger partial charge >= 0.3 is 0 Å². The normalized spacial score (nSPS) is 14.7. The summed E-state index contributed by atoms with van der Waals surface area (Å²) in [5.41, 5.74) is 2.11. The van der Waals surface area contributed by atoms with E-state index in [2.05, 4.69) is 5.32 Å². The van der Waals surface area contributed by atoms with Gasteiger partial charge in [0.05, 0.1) is 0 Å². The maximum absolute atomic E-state index is 12.1. The van der Waals surface area contributed by atoms with Gasteiger partial charge in [0, 0.05) is 34.9 Å². The average Bonchev–Trinajstić information content (AvgIpc) is 2.57. The maximum Gasteiger partial charge on any atom is 0.255 e. The molecule has 1 N–H and O–H groups in total. The molecular formula is C18H17ClN2O2. The van der Waals surface area contributed by atoms with Gasteiger partial charge in [0.2, 0.25) is 5.91 Å². The van der Waals surface area contributed by atoms with Crippen LogP contribution in [-0.4, -0.2) is 18.4 Å². The van der Waals surface area contributed by atoms with Crippen molar-refractivity contribution < 1.29 is 9.59 Å². The molecule has 0 bridgehead atoms. The summed E-state index contributed by atoms with van der Waals surface area (Å²) in [6.07, 6.45) is 2.60. The van der Waals surface area contributed by atoms with E-state index < -0.39 is 0 Å². The van der Waals surface area contributed by atoms with Crippen molar-refractivity contribution in [3.8, 4) is 0 Å². The van der Waals surface area contributed by atoms with E-state index in [1.165, 1.54) is 0 Å². The highest BCUT2D eigenvalue weighted by Crippen LogP contribution is 2.23. The molecule has 5 heteroatoms. The minimum atomic E-state index is -0.191. The highest BCUT2D eigenvalue weighted by Gasteiger charge is 2.19. The Labute approximate surface area is 140 Å². The Balaban J connectivity index is 1.68. The fourth-order valence-electron chi connectivity index (χ4n) is 2.61. The first-order valence-corrected chi connectivity index (χ1v) is 7.98. The standard InChI is InChI=1S/C18H17ClN2O2/c19-14-6-4-13(5-7-14)18(23)20-15-8-10-16(11-9-15)21-12-2-1-3-17(21)22/h4-11H,1-3,12H2,(H,20,23). The van der Waals surface area contributed by atoms with E-state index in [0.29, 0.717) is 22.7 Å². The average molecular weight is 329 g/mol. The first-order chi connectivity index (χ1) is 11.1. The molecule has 2 aromatic rings. The highest BCUT2D eigenvalue weighted by atomic mass is 35.5. The topological polar surface area (TPSA) is 49.4 Å². The van der Waals surface area contributed by atoms with Gasteiger partial charge in [-0.25, -0.2) is 0 Å². The molecule has 4 nitrogen and oxygen atoms in total. The van der Waals surface area contributed by atoms with Crippen LogP contribution in [0.5, 0.6) is 0 Å². The number of benzene rings is 2. The fraction of sp³-hybridized carbons (Fsp3) is 0.222. The summed E-state index contributed by atoms with van der Waals surface area (Å²) >= 11 is 5.82. The largest absolute Gasteiger partial charge is 0.322 e. The van der Waals surface area contributed by atoms with Crippen molar-refractivity contribution in [2.45, 2.75) is 19.3 Å². The van der Waals surface area contributed by atoms with Crippen LogP contribution in [0.3, 0.4) is 0 Å². The van der Waals surface area contributed by atoms with Crippen LogP contribution in [0.25, 0.3) is 0 Å². The molecule has 1 saturated heterocycles. The Morgan fingerprint density at radius 1 is 1.00 bits per heavy atom. The maximum atomic E-state index is 12.1. The van der Waals surface area contributed by atoms with Gasteiger partial charge < -0.3 is 10.2 Å². The van der Waals surface area contributed by atoms with Crippen LogP contribution in [0.2, 0.25) is 5.02 Å². The van der Waals surface area contributed by atoms with Gasteiger partial charge in [0.15, 0.2) is 0 Å². The first-order valence-electron chi connectivity index (χ1n) is 7.61. The number of amides is 2. The molecule has 2 aromatic carbocycles. The summed E-state index contributed by atoms with van der Waals surface area (Å²) in [5, 5.41) is 3.43. The van der Waals surface area contributed by atoms with E-state index in [0.717, 1.165) is 25.1 Å². The number of rotatable bonds is 3. The van der Waals surface area contributed by atoms with Crippen LogP contribution in [0.1, 0.15) is 29.6 Å². The monoisotopic (exact) mass is 328 g/mol. The minimum absolute atomic E-state index is 0.161. The van der Waals surface area contributed by atoms with Crippen molar-refractivity contribution in [3.05, 3.63) is 59.1 Å². The summed E-state index contributed by atoms with van der Waals surface area (Å²) in [6, 6.07) is 14.1. The quantitative estimate of drug-likeness (QED) is 0.921. The van der Waals surface area contributed by atoms with Crippen molar-refractivity contribution in [2.75, 3.05) is 16.8 Å². The molecule has 0 saturated carbocycles. The Kier molecular flexibility index (Phi) is 4.63. The predicted octanol–water partition coefficient (Wildman–Crippen LogP) is 4.11. The van der Waals surface area contributed by atoms with Gasteiger partial charge in [-0.3, -0.25) is 9.59 Å². The van der Waals surface area contributed by atoms with Crippen LogP contribution in [0, 0.1) is 0 Å². The molecule has 0 aliphatic carbocycles. The summed E-state index contributed by atoms with van der Waals surface area (Å²) in [6.45, 7) is 0.759. The van der Waals surface area contributed by atoms with Gasteiger partial charge in [-0.1, -0.05) is 11.6 Å². The molecule has 1 aliphatic heterocycles. The number of carbonyl (C=O) groups is 2. The number of carbonyl (C=O) groups excluding carboxylic acids is 2. The van der Waals surface area contributed by atoms with Crippen molar-refractivity contribution in [2.24, 2.45) is 0 Å². The Hall–Kier alpha value is -2.33. The zero-order valence-electron chi connectivity index (χ0n) is 12.6. The summed E-state index contributed by atoms with van der Waals surface area (Å²) in [5.74, 6) is -0.0299. The summed E-state index contributed by atoms with van der Waals surface area (Å²) in [4.78, 5) is 25.9. The molecular weight excluding hydrogens is 312 g/mol. The molecule has 1 heterocycles. The van der Waals surface area contributed by atoms with Crippen molar-refractivity contribution >= 4 is 34.8 Å². The predicted molar refractivity (Wildman–Crippen MR) is 92.1 cm³/mol. The third-order valence-corrected chi connectivity index (χ3v) is 4.12. The molecule has 1 aliphatic rings. The Morgan fingerprint density at radius 3 is 2.35 bits per heavy atom. The van der Waals surface area contributed by atoms with Gasteiger partial charge in [-0.2, -0.15) is 0 Å². The number of piperidine rings is 1. The Bertz CT molecular complexity index is 711. The third kappa shape index (κ3) is 3.71. The zero-order chi connectivity index (χ0) is 16.2. The van der Waals surface area contributed by atoms with E-state index in [1.54, 1.807) is 29.2 Å². The van der Waals surface area contributed by atoms with Gasteiger partial charge in [-0.15, -0.1) is 0 Å². The molecule has 0 radical (unpaired) electrons. The fourth-order valence-corrected chi connectivity index (χ4v) is 2.73. The minimum Gasteiger partial charge on any atom is -0.322 e. The van der Waals surface area contributed by atoms with E-state index in [9.17, 15) is 9.59 Å². The highest BCUT2D eigenvalue weighted by molar-refractivity contribution is 6.30. The number of nitrogens with zero attached hydrogens (tertiary/aromatic N) is 1. The Morgan fingerprint density at radius 2 is 1.70 bits per heavy atom. The molecule has 3 rings (SSSR count). The number of anilines is 2. The molecule has 0 unspecified atom stereocenters. The molecule has 0 atom stereocenters.